The number of nitrogens with zero attached hydrogens (tertiary/aromatic N) is 3. The summed E-state index contributed by atoms with van der Waals surface area (Å²) in [4.78, 5) is 30.8. The fourth-order valence-corrected chi connectivity index (χ4v) is 3.28. The molecule has 2 saturated heterocycles. The number of imide groups is 1. The predicted molar refractivity (Wildman–Crippen MR) is 86.2 cm³/mol. The number of carbonyl (C=O) groups is 2. The normalized spacial score (nSPS) is 24.3. The van der Waals surface area contributed by atoms with Crippen LogP contribution in [0.5, 0.6) is 0 Å². The molecule has 118 valence electrons. The van der Waals surface area contributed by atoms with Crippen LogP contribution in [0, 0.1) is 6.92 Å². The number of rotatable bonds is 2. The van der Waals surface area contributed by atoms with E-state index in [1.807, 2.05) is 13.0 Å². The largest absolute Gasteiger partial charge is 0.304 e. The summed E-state index contributed by atoms with van der Waals surface area (Å²) in [5.41, 5.74) is 1.49. The van der Waals surface area contributed by atoms with Gasteiger partial charge in [0.25, 0.3) is 5.91 Å². The molecule has 0 bridgehead atoms. The lowest BCUT2D eigenvalue weighted by molar-refractivity contribution is -0.123. The maximum atomic E-state index is 12.8. The molecule has 2 fully saturated rings. The second-order valence-corrected chi connectivity index (χ2v) is 6.49. The minimum Gasteiger partial charge on any atom is -0.304 e. The number of piperazine rings is 1. The van der Waals surface area contributed by atoms with Crippen molar-refractivity contribution in [1.82, 2.24) is 9.80 Å². The molecule has 2 aliphatic rings. The van der Waals surface area contributed by atoms with Crippen LogP contribution in [0.4, 0.5) is 5.69 Å². The number of likely N-dealkylation sites (N-methyl/N-ethyl adjacent to an activating group) is 1. The molecule has 1 atom stereocenters. The highest BCUT2D eigenvalue weighted by atomic mass is 35.5. The lowest BCUT2D eigenvalue weighted by atomic mass is 10.1. The van der Waals surface area contributed by atoms with Gasteiger partial charge in [-0.3, -0.25) is 14.5 Å². The average molecular weight is 322 g/mol. The SMILES string of the molecule is Cc1ccc(Cl)cc1N1C(=O)CC(N2CCN(C)CC2)C1=O. The molecule has 5 nitrogen and oxygen atoms in total. The summed E-state index contributed by atoms with van der Waals surface area (Å²) < 4.78 is 0. The minimum absolute atomic E-state index is 0.125. The van der Waals surface area contributed by atoms with Crippen molar-refractivity contribution in [2.45, 2.75) is 19.4 Å². The summed E-state index contributed by atoms with van der Waals surface area (Å²) >= 11 is 6.03. The number of anilines is 1. The summed E-state index contributed by atoms with van der Waals surface area (Å²) in [5, 5.41) is 0.532. The Hall–Kier alpha value is -1.43. The second kappa shape index (κ2) is 5.99. The second-order valence-electron chi connectivity index (χ2n) is 6.06. The molecule has 2 amide bonds. The first-order chi connectivity index (χ1) is 10.5. The lowest BCUT2D eigenvalue weighted by Crippen LogP contribution is -2.51. The Labute approximate surface area is 135 Å². The van der Waals surface area contributed by atoms with Crippen molar-refractivity contribution >= 4 is 29.1 Å². The molecular formula is C16H20ClN3O2. The van der Waals surface area contributed by atoms with E-state index in [1.54, 1.807) is 12.1 Å². The summed E-state index contributed by atoms with van der Waals surface area (Å²) in [6.07, 6.45) is 0.258. The lowest BCUT2D eigenvalue weighted by Gasteiger charge is -2.35. The molecule has 22 heavy (non-hydrogen) atoms. The van der Waals surface area contributed by atoms with Crippen molar-refractivity contribution in [3.8, 4) is 0 Å². The van der Waals surface area contributed by atoms with Crippen LogP contribution in [0.2, 0.25) is 5.02 Å². The van der Waals surface area contributed by atoms with E-state index in [1.165, 1.54) is 4.90 Å². The van der Waals surface area contributed by atoms with Crippen LogP contribution in [0.25, 0.3) is 0 Å². The van der Waals surface area contributed by atoms with Crippen molar-refractivity contribution < 1.29 is 9.59 Å². The first-order valence-electron chi connectivity index (χ1n) is 7.53. The maximum absolute atomic E-state index is 12.8. The highest BCUT2D eigenvalue weighted by molar-refractivity contribution is 6.31. The number of benzene rings is 1. The Morgan fingerprint density at radius 1 is 1.14 bits per heavy atom. The van der Waals surface area contributed by atoms with Gasteiger partial charge in [0.05, 0.1) is 18.2 Å². The summed E-state index contributed by atoms with van der Waals surface area (Å²) in [6, 6.07) is 4.96. The van der Waals surface area contributed by atoms with Crippen LogP contribution in [0.3, 0.4) is 0 Å². The van der Waals surface area contributed by atoms with E-state index in [0.29, 0.717) is 10.7 Å². The van der Waals surface area contributed by atoms with Gasteiger partial charge >= 0.3 is 0 Å². The van der Waals surface area contributed by atoms with Crippen LogP contribution in [0.15, 0.2) is 18.2 Å². The molecule has 1 aromatic carbocycles. The summed E-state index contributed by atoms with van der Waals surface area (Å²) in [6.45, 7) is 5.38. The molecule has 0 spiro atoms. The zero-order valence-electron chi connectivity index (χ0n) is 12.9. The van der Waals surface area contributed by atoms with Crippen LogP contribution in [0.1, 0.15) is 12.0 Å². The Kier molecular flexibility index (Phi) is 4.21. The molecule has 0 aliphatic carbocycles. The van der Waals surface area contributed by atoms with E-state index in [2.05, 4.69) is 16.8 Å². The Morgan fingerprint density at radius 2 is 1.82 bits per heavy atom. The third kappa shape index (κ3) is 2.76. The average Bonchev–Trinajstić information content (AvgIpc) is 2.78. The molecule has 0 N–H and O–H groups in total. The molecule has 3 rings (SSSR count). The Morgan fingerprint density at radius 3 is 2.50 bits per heavy atom. The molecule has 0 saturated carbocycles. The number of aryl methyl sites for hydroxylation is 1. The number of hydrogen-bond donors (Lipinski definition) is 0. The van der Waals surface area contributed by atoms with Gasteiger partial charge in [-0.15, -0.1) is 0 Å². The highest BCUT2D eigenvalue weighted by Gasteiger charge is 2.43. The predicted octanol–water partition coefficient (Wildman–Crippen LogP) is 1.53. The monoisotopic (exact) mass is 321 g/mol. The molecule has 6 heteroatoms. The number of halogens is 1. The zero-order chi connectivity index (χ0) is 15.9. The van der Waals surface area contributed by atoms with Gasteiger partial charge in [0, 0.05) is 31.2 Å². The van der Waals surface area contributed by atoms with Crippen LogP contribution >= 0.6 is 11.6 Å². The molecular weight excluding hydrogens is 302 g/mol. The van der Waals surface area contributed by atoms with Gasteiger partial charge in [-0.25, -0.2) is 4.90 Å². The third-order valence-corrected chi connectivity index (χ3v) is 4.75. The van der Waals surface area contributed by atoms with Gasteiger partial charge in [-0.1, -0.05) is 17.7 Å². The fraction of sp³-hybridized carbons (Fsp3) is 0.500. The third-order valence-electron chi connectivity index (χ3n) is 4.51. The summed E-state index contributed by atoms with van der Waals surface area (Å²) in [7, 11) is 2.07. The van der Waals surface area contributed by atoms with Gasteiger partial charge in [-0.2, -0.15) is 0 Å². The molecule has 0 aromatic heterocycles. The van der Waals surface area contributed by atoms with E-state index in [0.717, 1.165) is 31.7 Å². The minimum atomic E-state index is -0.334. The Bertz CT molecular complexity index is 611. The maximum Gasteiger partial charge on any atom is 0.251 e. The van der Waals surface area contributed by atoms with Crippen LogP contribution < -0.4 is 4.90 Å². The van der Waals surface area contributed by atoms with E-state index < -0.39 is 0 Å². The number of carbonyl (C=O) groups excluding carboxylic acids is 2. The van der Waals surface area contributed by atoms with Crippen molar-refractivity contribution in [3.63, 3.8) is 0 Å². The van der Waals surface area contributed by atoms with Crippen molar-refractivity contribution in [2.24, 2.45) is 0 Å². The van der Waals surface area contributed by atoms with Gasteiger partial charge in [-0.05, 0) is 31.7 Å². The van der Waals surface area contributed by atoms with E-state index in [9.17, 15) is 9.59 Å². The van der Waals surface area contributed by atoms with Crippen molar-refractivity contribution in [2.75, 3.05) is 38.1 Å². The van der Waals surface area contributed by atoms with Crippen molar-refractivity contribution in [1.29, 1.82) is 0 Å². The van der Waals surface area contributed by atoms with E-state index >= 15 is 0 Å². The number of hydrogen-bond acceptors (Lipinski definition) is 4. The first kappa shape index (κ1) is 15.5. The fourth-order valence-electron chi connectivity index (χ4n) is 3.11. The zero-order valence-corrected chi connectivity index (χ0v) is 13.6. The van der Waals surface area contributed by atoms with E-state index in [-0.39, 0.29) is 24.3 Å². The molecule has 1 aromatic rings. The standard InChI is InChI=1S/C16H20ClN3O2/c1-11-3-4-12(17)9-13(11)20-15(21)10-14(16(20)22)19-7-5-18(2)6-8-19/h3-4,9,14H,5-8,10H2,1-2H3. The molecule has 2 heterocycles. The first-order valence-corrected chi connectivity index (χ1v) is 7.90. The Balaban J connectivity index is 1.84. The smallest absolute Gasteiger partial charge is 0.251 e. The van der Waals surface area contributed by atoms with Gasteiger partial charge in [0.2, 0.25) is 5.91 Å². The molecule has 1 unspecified atom stereocenters. The van der Waals surface area contributed by atoms with Crippen LogP contribution in [-0.2, 0) is 9.59 Å². The number of amides is 2. The molecule has 2 aliphatic heterocycles. The van der Waals surface area contributed by atoms with E-state index in [4.69, 9.17) is 11.6 Å². The van der Waals surface area contributed by atoms with Gasteiger partial charge < -0.3 is 4.90 Å². The molecule has 0 radical (unpaired) electrons. The summed E-state index contributed by atoms with van der Waals surface area (Å²) in [5.74, 6) is -0.265. The van der Waals surface area contributed by atoms with Crippen molar-refractivity contribution in [3.05, 3.63) is 28.8 Å². The van der Waals surface area contributed by atoms with Crippen LogP contribution in [-0.4, -0.2) is 60.9 Å². The highest BCUT2D eigenvalue weighted by Crippen LogP contribution is 2.30. The van der Waals surface area contributed by atoms with Gasteiger partial charge in [0.15, 0.2) is 0 Å². The topological polar surface area (TPSA) is 43.9 Å². The quantitative estimate of drug-likeness (QED) is 0.775. The van der Waals surface area contributed by atoms with Gasteiger partial charge in [0.1, 0.15) is 0 Å².